The van der Waals surface area contributed by atoms with Gasteiger partial charge < -0.3 is 33.9 Å². The molecule has 14 heteroatoms. The number of hydrogen-bond donors (Lipinski definition) is 2. The van der Waals surface area contributed by atoms with Crippen LogP contribution in [-0.4, -0.2) is 114 Å². The number of pyridine rings is 1. The Hall–Kier alpha value is -4.08. The highest BCUT2D eigenvalue weighted by atomic mass is 32.1. The van der Waals surface area contributed by atoms with Crippen molar-refractivity contribution in [3.8, 4) is 22.5 Å². The van der Waals surface area contributed by atoms with Crippen molar-refractivity contribution in [2.45, 2.75) is 104 Å². The number of piperazine rings is 1. The molecule has 7 rings (SSSR count). The Balaban J connectivity index is 1.36. The maximum absolute atomic E-state index is 14.1. The number of nitrogens with one attached hydrogen (secondary N) is 2. The third kappa shape index (κ3) is 9.36. The predicted molar refractivity (Wildman–Crippen MR) is 230 cm³/mol. The fraction of sp³-hybridized carbons (Fsp3) is 0.591. The number of carbonyl (C=O) groups is 2. The van der Waals surface area contributed by atoms with Crippen molar-refractivity contribution in [2.75, 3.05) is 65.0 Å². The van der Waals surface area contributed by atoms with E-state index in [-0.39, 0.29) is 29.9 Å². The molecule has 3 aliphatic rings. The Morgan fingerprint density at radius 3 is 2.66 bits per heavy atom. The number of alkyl carbamates (subject to hydrolysis) is 1. The molecule has 314 valence electrons. The molecule has 3 aliphatic heterocycles. The van der Waals surface area contributed by atoms with E-state index in [0.29, 0.717) is 19.8 Å². The molecule has 1 aromatic carbocycles. The van der Waals surface area contributed by atoms with Crippen LogP contribution in [0.4, 0.5) is 10.5 Å². The highest BCUT2D eigenvalue weighted by Gasteiger charge is 2.34. The second-order valence-corrected chi connectivity index (χ2v) is 18.9. The first-order chi connectivity index (χ1) is 27.6. The van der Waals surface area contributed by atoms with Gasteiger partial charge in [0.2, 0.25) is 0 Å². The van der Waals surface area contributed by atoms with Crippen molar-refractivity contribution in [2.24, 2.45) is 5.41 Å². The summed E-state index contributed by atoms with van der Waals surface area (Å²) in [7, 11) is 3.93. The highest BCUT2D eigenvalue weighted by molar-refractivity contribution is 7.10. The van der Waals surface area contributed by atoms with Gasteiger partial charge in [0, 0.05) is 86.3 Å². The molecule has 6 heterocycles. The van der Waals surface area contributed by atoms with Crippen LogP contribution in [0.2, 0.25) is 0 Å². The number of hydrazine groups is 1. The van der Waals surface area contributed by atoms with Gasteiger partial charge in [0.15, 0.2) is 0 Å². The van der Waals surface area contributed by atoms with E-state index in [1.807, 2.05) is 32.3 Å². The normalized spacial score (nSPS) is 21.5. The Bertz CT molecular complexity index is 2100. The minimum atomic E-state index is -0.868. The number of carbonyl (C=O) groups excluding carboxylic acids is 2. The fourth-order valence-corrected chi connectivity index (χ4v) is 9.27. The molecular formula is C44H62N8O5S. The minimum Gasteiger partial charge on any atom is -0.444 e. The number of likely N-dealkylation sites (N-methyl/N-ethyl adjacent to an activating group) is 1. The lowest BCUT2D eigenvalue weighted by molar-refractivity contribution is -0.140. The van der Waals surface area contributed by atoms with Crippen LogP contribution in [0.5, 0.6) is 0 Å². The summed E-state index contributed by atoms with van der Waals surface area (Å²) in [6.45, 7) is 20.5. The number of thiazole rings is 1. The summed E-state index contributed by atoms with van der Waals surface area (Å²) < 4.78 is 20.6. The van der Waals surface area contributed by atoms with E-state index >= 15 is 0 Å². The third-order valence-corrected chi connectivity index (χ3v) is 12.3. The van der Waals surface area contributed by atoms with Gasteiger partial charge in [-0.05, 0) is 90.1 Å². The zero-order valence-corrected chi connectivity index (χ0v) is 36.6. The molecule has 0 aliphatic carbocycles. The van der Waals surface area contributed by atoms with Crippen LogP contribution in [0.3, 0.4) is 0 Å². The van der Waals surface area contributed by atoms with Crippen molar-refractivity contribution in [3.05, 3.63) is 52.1 Å². The molecule has 2 N–H and O–H groups in total. The van der Waals surface area contributed by atoms with E-state index < -0.39 is 17.7 Å². The van der Waals surface area contributed by atoms with Crippen LogP contribution in [0, 0.1) is 5.41 Å². The van der Waals surface area contributed by atoms with Crippen molar-refractivity contribution in [1.82, 2.24) is 35.2 Å². The van der Waals surface area contributed by atoms with E-state index in [4.69, 9.17) is 24.2 Å². The number of rotatable bonds is 6. The Labute approximate surface area is 347 Å². The largest absolute Gasteiger partial charge is 0.444 e. The van der Waals surface area contributed by atoms with Crippen LogP contribution in [-0.2, 0) is 38.4 Å². The molecule has 0 saturated carbocycles. The van der Waals surface area contributed by atoms with Crippen LogP contribution < -0.4 is 15.6 Å². The fourth-order valence-electron chi connectivity index (χ4n) is 8.42. The molecule has 0 radical (unpaired) electrons. The second kappa shape index (κ2) is 17.3. The maximum Gasteiger partial charge on any atom is 0.408 e. The zero-order valence-electron chi connectivity index (χ0n) is 35.8. The van der Waals surface area contributed by atoms with Gasteiger partial charge in [-0.1, -0.05) is 19.9 Å². The van der Waals surface area contributed by atoms with Crippen LogP contribution in [0.25, 0.3) is 33.4 Å². The van der Waals surface area contributed by atoms with Crippen molar-refractivity contribution in [1.29, 1.82) is 0 Å². The van der Waals surface area contributed by atoms with E-state index in [2.05, 4.69) is 84.1 Å². The van der Waals surface area contributed by atoms with E-state index in [1.165, 1.54) is 22.3 Å². The minimum absolute atomic E-state index is 0.0531. The number of aryl methyl sites for hydroxylation is 1. The SMILES string of the molecule is CCn1c(-c2cc(N3CCN(C)CC3)cnc2[C@H](C)OC)c2c3cc(ccc31)-c1csc(n1)C[C@H](NC(=O)OC(C)(C)C)C(=O)N1CCC[C@@H](COCC(C)(C)C2)N1. The number of anilines is 1. The van der Waals surface area contributed by atoms with Gasteiger partial charge in [0.1, 0.15) is 11.6 Å². The van der Waals surface area contributed by atoms with Gasteiger partial charge in [-0.25, -0.2) is 15.2 Å². The van der Waals surface area contributed by atoms with Crippen molar-refractivity contribution >= 4 is 39.9 Å². The van der Waals surface area contributed by atoms with Crippen molar-refractivity contribution < 1.29 is 23.8 Å². The first-order valence-corrected chi connectivity index (χ1v) is 21.7. The smallest absolute Gasteiger partial charge is 0.408 e. The van der Waals surface area contributed by atoms with E-state index in [1.54, 1.807) is 12.1 Å². The maximum atomic E-state index is 14.1. The summed E-state index contributed by atoms with van der Waals surface area (Å²) in [4.78, 5) is 42.2. The zero-order chi connectivity index (χ0) is 41.4. The number of ether oxygens (including phenoxy) is 3. The lowest BCUT2D eigenvalue weighted by Gasteiger charge is -2.36. The van der Waals surface area contributed by atoms with Gasteiger partial charge >= 0.3 is 6.09 Å². The molecule has 0 unspecified atom stereocenters. The molecular weight excluding hydrogens is 753 g/mol. The lowest BCUT2D eigenvalue weighted by atomic mass is 9.84. The van der Waals surface area contributed by atoms with Crippen LogP contribution in [0.1, 0.15) is 83.7 Å². The summed E-state index contributed by atoms with van der Waals surface area (Å²) in [5.74, 6) is -0.221. The first-order valence-electron chi connectivity index (χ1n) is 20.8. The molecule has 58 heavy (non-hydrogen) atoms. The molecule has 13 nitrogen and oxygen atoms in total. The molecule has 6 bridgehead atoms. The molecule has 0 spiro atoms. The summed E-state index contributed by atoms with van der Waals surface area (Å²) >= 11 is 1.49. The molecule has 2 saturated heterocycles. The summed E-state index contributed by atoms with van der Waals surface area (Å²) in [6.07, 6.45) is 3.86. The first kappa shape index (κ1) is 42.1. The standard InChI is InChI=1S/C44H62N8O5S/c1-10-51-37-14-13-29-20-32(37)34(40(51)33-21-31(24-45-39(33)28(2)55-9)50-18-16-49(8)17-19-50)23-44(6,7)27-56-25-30-12-11-15-52(48-30)41(53)35(22-38-46-36(29)26-58-38)47-42(54)57-43(3,4)5/h13-14,20-21,24,26,28,30,35,48H,10-12,15-19,22-23,25,27H2,1-9H3,(H,47,54)/t28-,30-,35-/m0/s1. The number of aromatic nitrogens is 3. The van der Waals surface area contributed by atoms with Crippen LogP contribution >= 0.6 is 11.3 Å². The highest BCUT2D eigenvalue weighted by Crippen LogP contribution is 2.43. The Kier molecular flexibility index (Phi) is 12.5. The van der Waals surface area contributed by atoms with E-state index in [9.17, 15) is 9.59 Å². The predicted octanol–water partition coefficient (Wildman–Crippen LogP) is 6.84. The topological polar surface area (TPSA) is 126 Å². The number of nitrogens with zero attached hydrogens (tertiary/aromatic N) is 6. The van der Waals surface area contributed by atoms with Gasteiger partial charge in [0.05, 0.1) is 53.3 Å². The van der Waals surface area contributed by atoms with Crippen LogP contribution in [0.15, 0.2) is 35.8 Å². The quantitative estimate of drug-likeness (QED) is 0.214. The Morgan fingerprint density at radius 1 is 1.16 bits per heavy atom. The molecule has 3 aromatic heterocycles. The number of amides is 2. The van der Waals surface area contributed by atoms with Gasteiger partial charge in [0.25, 0.3) is 5.91 Å². The molecule has 3 atom stereocenters. The summed E-state index contributed by atoms with van der Waals surface area (Å²) in [5.41, 5.74) is 11.0. The number of fused-ring (bicyclic) bond motifs is 6. The molecule has 2 fully saturated rings. The molecule has 2 amide bonds. The van der Waals surface area contributed by atoms with Gasteiger partial charge in [-0.2, -0.15) is 0 Å². The number of benzene rings is 1. The average Bonchev–Trinajstić information content (AvgIpc) is 3.77. The Morgan fingerprint density at radius 2 is 1.93 bits per heavy atom. The average molecular weight is 815 g/mol. The monoisotopic (exact) mass is 814 g/mol. The lowest BCUT2D eigenvalue weighted by Crippen LogP contribution is -2.59. The molecule has 4 aromatic rings. The summed E-state index contributed by atoms with van der Waals surface area (Å²) in [5, 5.41) is 8.49. The number of methoxy groups -OCH3 is 1. The van der Waals surface area contributed by atoms with Crippen molar-refractivity contribution in [3.63, 3.8) is 0 Å². The second-order valence-electron chi connectivity index (χ2n) is 17.9. The summed E-state index contributed by atoms with van der Waals surface area (Å²) in [6, 6.07) is 8.06. The number of hydrogen-bond acceptors (Lipinski definition) is 11. The van der Waals surface area contributed by atoms with E-state index in [0.717, 1.165) is 96.4 Å². The third-order valence-electron chi connectivity index (χ3n) is 11.5. The van der Waals surface area contributed by atoms with Gasteiger partial charge in [-0.3, -0.25) is 14.8 Å². The van der Waals surface area contributed by atoms with Gasteiger partial charge in [-0.15, -0.1) is 11.3 Å².